The number of carbonyl (C=O) groups excluding carboxylic acids is 3. The van der Waals surface area contributed by atoms with Crippen molar-refractivity contribution in [2.75, 3.05) is 11.4 Å². The number of hydrogen-bond donors (Lipinski definition) is 1. The van der Waals surface area contributed by atoms with Crippen molar-refractivity contribution >= 4 is 40.0 Å². The summed E-state index contributed by atoms with van der Waals surface area (Å²) in [5.74, 6) is -0.0465. The SMILES string of the molecule is CCC1CCC2(CC1)NC(=O)N(CC(=O)N(c1ccccc1)c1nc(C)cs1)C2=O. The van der Waals surface area contributed by atoms with Crippen molar-refractivity contribution in [3.8, 4) is 0 Å². The first-order valence-electron chi connectivity index (χ1n) is 10.4. The lowest BCUT2D eigenvalue weighted by Crippen LogP contribution is -2.50. The second-order valence-corrected chi connectivity index (χ2v) is 8.93. The molecule has 8 heteroatoms. The first-order valence-corrected chi connectivity index (χ1v) is 11.3. The molecular weight excluding hydrogens is 400 g/mol. The molecule has 2 fully saturated rings. The third kappa shape index (κ3) is 3.71. The molecule has 1 aromatic heterocycles. The molecule has 158 valence electrons. The Morgan fingerprint density at radius 3 is 2.57 bits per heavy atom. The van der Waals surface area contributed by atoms with Crippen LogP contribution in [0.1, 0.15) is 44.7 Å². The molecule has 1 aromatic carbocycles. The number of imide groups is 1. The van der Waals surface area contributed by atoms with E-state index in [2.05, 4.69) is 17.2 Å². The van der Waals surface area contributed by atoms with Gasteiger partial charge in [0.2, 0.25) is 0 Å². The third-order valence-corrected chi connectivity index (χ3v) is 7.08. The number of thiazole rings is 1. The standard InChI is InChI=1S/C22H26N4O3S/c1-3-16-9-11-22(12-10-16)19(28)25(20(29)24-22)13-18(27)26(17-7-5-4-6-8-17)21-23-15(2)14-30-21/h4-8,14,16H,3,9-13H2,1-2H3,(H,24,29). The van der Waals surface area contributed by atoms with Gasteiger partial charge in [0.1, 0.15) is 12.1 Å². The van der Waals surface area contributed by atoms with E-state index in [-0.39, 0.29) is 18.4 Å². The van der Waals surface area contributed by atoms with Gasteiger partial charge in [-0.25, -0.2) is 9.78 Å². The van der Waals surface area contributed by atoms with Crippen molar-refractivity contribution in [2.45, 2.75) is 51.5 Å². The van der Waals surface area contributed by atoms with E-state index in [0.717, 1.165) is 29.9 Å². The summed E-state index contributed by atoms with van der Waals surface area (Å²) in [5, 5.41) is 5.29. The zero-order chi connectivity index (χ0) is 21.3. The zero-order valence-electron chi connectivity index (χ0n) is 17.3. The van der Waals surface area contributed by atoms with Gasteiger partial charge in [0.25, 0.3) is 11.8 Å². The quantitative estimate of drug-likeness (QED) is 0.733. The van der Waals surface area contributed by atoms with Gasteiger partial charge in [-0.1, -0.05) is 31.5 Å². The highest BCUT2D eigenvalue weighted by atomic mass is 32.1. The number of anilines is 2. The second kappa shape index (κ2) is 8.18. The molecule has 0 unspecified atom stereocenters. The van der Waals surface area contributed by atoms with Crippen molar-refractivity contribution < 1.29 is 14.4 Å². The van der Waals surface area contributed by atoms with Gasteiger partial charge in [-0.05, 0) is 50.7 Å². The van der Waals surface area contributed by atoms with Gasteiger partial charge in [0, 0.05) is 5.38 Å². The number of para-hydroxylation sites is 1. The molecule has 1 spiro atoms. The number of carbonyl (C=O) groups is 3. The van der Waals surface area contributed by atoms with Crippen molar-refractivity contribution in [1.29, 1.82) is 0 Å². The van der Waals surface area contributed by atoms with E-state index in [1.165, 1.54) is 16.2 Å². The summed E-state index contributed by atoms with van der Waals surface area (Å²) in [7, 11) is 0. The monoisotopic (exact) mass is 426 g/mol. The van der Waals surface area contributed by atoms with Crippen LogP contribution in [0.4, 0.5) is 15.6 Å². The molecule has 0 radical (unpaired) electrons. The van der Waals surface area contributed by atoms with E-state index in [9.17, 15) is 14.4 Å². The summed E-state index contributed by atoms with van der Waals surface area (Å²) >= 11 is 1.35. The van der Waals surface area contributed by atoms with Gasteiger partial charge in [-0.15, -0.1) is 11.3 Å². The molecule has 2 heterocycles. The Balaban J connectivity index is 1.55. The number of hydrogen-bond acceptors (Lipinski definition) is 5. The molecule has 0 atom stereocenters. The van der Waals surface area contributed by atoms with Crippen LogP contribution in [-0.4, -0.2) is 39.8 Å². The average molecular weight is 427 g/mol. The molecule has 1 aliphatic heterocycles. The summed E-state index contributed by atoms with van der Waals surface area (Å²) in [6.45, 7) is 3.71. The first-order chi connectivity index (χ1) is 14.4. The maximum atomic E-state index is 13.3. The van der Waals surface area contributed by atoms with E-state index in [0.29, 0.717) is 29.6 Å². The highest BCUT2D eigenvalue weighted by molar-refractivity contribution is 7.14. The van der Waals surface area contributed by atoms with Crippen LogP contribution in [0.25, 0.3) is 0 Å². The highest BCUT2D eigenvalue weighted by Gasteiger charge is 2.52. The van der Waals surface area contributed by atoms with E-state index < -0.39 is 11.6 Å². The normalized spacial score (nSPS) is 23.7. The molecule has 30 heavy (non-hydrogen) atoms. The number of aromatic nitrogens is 1. The Morgan fingerprint density at radius 1 is 1.27 bits per heavy atom. The summed E-state index contributed by atoms with van der Waals surface area (Å²) < 4.78 is 0. The van der Waals surface area contributed by atoms with Crippen LogP contribution in [0.5, 0.6) is 0 Å². The Labute approximate surface area is 180 Å². The predicted octanol–water partition coefficient (Wildman–Crippen LogP) is 4.01. The zero-order valence-corrected chi connectivity index (χ0v) is 18.1. The minimum absolute atomic E-state index is 0.279. The Kier molecular flexibility index (Phi) is 5.60. The number of aryl methyl sites for hydroxylation is 1. The fourth-order valence-corrected chi connectivity index (χ4v) is 5.16. The molecule has 4 amide bonds. The largest absolute Gasteiger partial charge is 0.325 e. The molecule has 7 nitrogen and oxygen atoms in total. The average Bonchev–Trinajstić information content (AvgIpc) is 3.26. The lowest BCUT2D eigenvalue weighted by Gasteiger charge is -2.34. The predicted molar refractivity (Wildman–Crippen MR) is 116 cm³/mol. The summed E-state index contributed by atoms with van der Waals surface area (Å²) in [4.78, 5) is 46.1. The molecule has 1 aliphatic carbocycles. The molecule has 4 rings (SSSR count). The lowest BCUT2D eigenvalue weighted by atomic mass is 9.75. The number of nitrogens with zero attached hydrogens (tertiary/aromatic N) is 3. The summed E-state index contributed by atoms with van der Waals surface area (Å²) in [5.41, 5.74) is 0.616. The smallest absolute Gasteiger partial charge is 0.323 e. The molecular formula is C22H26N4O3S. The highest BCUT2D eigenvalue weighted by Crippen LogP contribution is 2.38. The molecule has 2 aliphatic rings. The molecule has 2 aromatic rings. The van der Waals surface area contributed by atoms with Gasteiger partial charge in [-0.2, -0.15) is 0 Å². The number of nitrogens with one attached hydrogen (secondary N) is 1. The maximum absolute atomic E-state index is 13.3. The van der Waals surface area contributed by atoms with Crippen molar-refractivity contribution in [2.24, 2.45) is 5.92 Å². The molecule has 1 saturated carbocycles. The van der Waals surface area contributed by atoms with Crippen LogP contribution < -0.4 is 10.2 Å². The Morgan fingerprint density at radius 2 is 1.97 bits per heavy atom. The number of benzene rings is 1. The number of rotatable bonds is 5. The maximum Gasteiger partial charge on any atom is 0.325 e. The van der Waals surface area contributed by atoms with Gasteiger partial charge in [0.15, 0.2) is 5.13 Å². The van der Waals surface area contributed by atoms with E-state index in [1.807, 2.05) is 42.6 Å². The Bertz CT molecular complexity index is 950. The third-order valence-electron chi connectivity index (χ3n) is 6.14. The van der Waals surface area contributed by atoms with Gasteiger partial charge in [0.05, 0.1) is 11.4 Å². The van der Waals surface area contributed by atoms with Crippen LogP contribution in [0, 0.1) is 12.8 Å². The van der Waals surface area contributed by atoms with Crippen molar-refractivity contribution in [3.63, 3.8) is 0 Å². The fraction of sp³-hybridized carbons (Fsp3) is 0.455. The van der Waals surface area contributed by atoms with Crippen LogP contribution >= 0.6 is 11.3 Å². The number of urea groups is 1. The Hall–Kier alpha value is -2.74. The van der Waals surface area contributed by atoms with Crippen LogP contribution in [-0.2, 0) is 9.59 Å². The molecule has 0 bridgehead atoms. The minimum atomic E-state index is -0.849. The summed E-state index contributed by atoms with van der Waals surface area (Å²) in [6, 6.07) is 8.69. The van der Waals surface area contributed by atoms with Crippen LogP contribution in [0.3, 0.4) is 0 Å². The lowest BCUT2D eigenvalue weighted by molar-refractivity contribution is -0.135. The van der Waals surface area contributed by atoms with Gasteiger partial charge >= 0.3 is 6.03 Å². The van der Waals surface area contributed by atoms with Crippen molar-refractivity contribution in [1.82, 2.24) is 15.2 Å². The topological polar surface area (TPSA) is 82.6 Å². The first kappa shape index (κ1) is 20.5. The van der Waals surface area contributed by atoms with Crippen LogP contribution in [0.15, 0.2) is 35.7 Å². The van der Waals surface area contributed by atoms with Gasteiger partial charge in [-0.3, -0.25) is 19.4 Å². The second-order valence-electron chi connectivity index (χ2n) is 8.09. The number of amides is 4. The molecule has 1 saturated heterocycles. The minimum Gasteiger partial charge on any atom is -0.323 e. The van der Waals surface area contributed by atoms with Crippen molar-refractivity contribution in [3.05, 3.63) is 41.4 Å². The van der Waals surface area contributed by atoms with E-state index >= 15 is 0 Å². The summed E-state index contributed by atoms with van der Waals surface area (Å²) in [6.07, 6.45) is 4.18. The fourth-order valence-electron chi connectivity index (χ4n) is 4.33. The van der Waals surface area contributed by atoms with E-state index in [1.54, 1.807) is 0 Å². The van der Waals surface area contributed by atoms with E-state index in [4.69, 9.17) is 0 Å². The van der Waals surface area contributed by atoms with Gasteiger partial charge < -0.3 is 5.32 Å². The van der Waals surface area contributed by atoms with Crippen LogP contribution in [0.2, 0.25) is 0 Å². The molecule has 1 N–H and O–H groups in total.